The van der Waals surface area contributed by atoms with Crippen LogP contribution >= 0.6 is 0 Å². The van der Waals surface area contributed by atoms with Crippen LogP contribution in [0.1, 0.15) is 102 Å². The minimum atomic E-state index is -0.454. The first kappa shape index (κ1) is 38.2. The van der Waals surface area contributed by atoms with Crippen molar-refractivity contribution in [3.8, 4) is 34.1 Å². The molecule has 0 aliphatic heterocycles. The number of nitrogens with one attached hydrogen (secondary N) is 1. The molecule has 50 heavy (non-hydrogen) atoms. The summed E-state index contributed by atoms with van der Waals surface area (Å²) in [5.41, 5.74) is 4.94. The molecule has 0 radical (unpaired) electrons. The molecular formula is C43H55N3O4. The number of aromatic nitrogens is 2. The highest BCUT2D eigenvalue weighted by atomic mass is 16.5. The minimum Gasteiger partial charge on any atom is -0.494 e. The van der Waals surface area contributed by atoms with E-state index in [0.717, 1.165) is 41.0 Å². The highest BCUT2D eigenvalue weighted by molar-refractivity contribution is 5.94. The first-order valence-corrected chi connectivity index (χ1v) is 17.8. The molecule has 1 N–H and O–H groups in total. The first-order chi connectivity index (χ1) is 23.8. The van der Waals surface area contributed by atoms with Crippen LogP contribution < -0.4 is 14.8 Å². The molecule has 1 aromatic heterocycles. The molecule has 266 valence electrons. The molecule has 0 saturated carbocycles. The molecule has 0 aliphatic carbocycles. The topological polar surface area (TPSA) is 82.6 Å². The Hall–Kier alpha value is -4.65. The van der Waals surface area contributed by atoms with Crippen LogP contribution in [-0.2, 0) is 16.6 Å². The van der Waals surface area contributed by atoms with E-state index in [2.05, 4.69) is 44.6 Å². The number of carbonyl (C=O) groups excluding carboxylic acids is 1. The summed E-state index contributed by atoms with van der Waals surface area (Å²) in [5.74, 6) is 2.24. The fourth-order valence-electron chi connectivity index (χ4n) is 5.58. The van der Waals surface area contributed by atoms with Crippen LogP contribution in [0.3, 0.4) is 0 Å². The number of methoxy groups -OCH3 is 1. The maximum absolute atomic E-state index is 13.4. The molecule has 7 heteroatoms. The molecule has 1 heterocycles. The van der Waals surface area contributed by atoms with Gasteiger partial charge in [-0.05, 0) is 80.0 Å². The van der Waals surface area contributed by atoms with Gasteiger partial charge in [-0.15, -0.1) is 0 Å². The summed E-state index contributed by atoms with van der Waals surface area (Å²) < 4.78 is 17.8. The van der Waals surface area contributed by atoms with Crippen LogP contribution in [0.4, 0.5) is 0 Å². The van der Waals surface area contributed by atoms with Crippen molar-refractivity contribution in [2.24, 2.45) is 0 Å². The molecule has 4 rings (SSSR count). The Morgan fingerprint density at radius 2 is 1.48 bits per heavy atom. The Labute approximate surface area is 299 Å². The van der Waals surface area contributed by atoms with E-state index in [1.54, 1.807) is 13.3 Å². The molecule has 0 saturated heterocycles. The number of hydrogen-bond donors (Lipinski definition) is 1. The van der Waals surface area contributed by atoms with Crippen molar-refractivity contribution >= 4 is 5.91 Å². The predicted octanol–water partition coefficient (Wildman–Crippen LogP) is 10.1. The molecule has 7 nitrogen and oxygen atoms in total. The molecule has 0 fully saturated rings. The van der Waals surface area contributed by atoms with Gasteiger partial charge in [0.1, 0.15) is 17.1 Å². The highest BCUT2D eigenvalue weighted by Gasteiger charge is 2.24. The Kier molecular flexibility index (Phi) is 13.2. The van der Waals surface area contributed by atoms with E-state index < -0.39 is 11.6 Å². The summed E-state index contributed by atoms with van der Waals surface area (Å²) in [4.78, 5) is 22.8. The maximum Gasteiger partial charge on any atom is 0.251 e. The lowest BCUT2D eigenvalue weighted by Gasteiger charge is -2.28. The summed E-state index contributed by atoms with van der Waals surface area (Å²) in [6.07, 6.45) is 8.35. The van der Waals surface area contributed by atoms with Gasteiger partial charge in [0.25, 0.3) is 5.91 Å². The largest absolute Gasteiger partial charge is 0.494 e. The zero-order chi connectivity index (χ0) is 36.3. The minimum absolute atomic E-state index is 0.00542. The standard InChI is InChI=1S/C43H55N3O4/c1-10-11-12-13-14-27-49-36-25-21-32(22-26-36)37-29-44-39(46-41(37)48-9)33-17-15-31(16-18-33)28-38(30(2)50-43(6,7)8)45-40(47)34-19-23-35(24-20-34)42(3,4)5/h15-26,29,38H,2,10-14,27-28H2,1,3-9H3,(H,45,47). The van der Waals surface area contributed by atoms with E-state index in [9.17, 15) is 4.79 Å². The smallest absolute Gasteiger partial charge is 0.251 e. The van der Waals surface area contributed by atoms with Crippen molar-refractivity contribution in [3.63, 3.8) is 0 Å². The fraction of sp³-hybridized carbons (Fsp3) is 0.419. The third kappa shape index (κ3) is 11.2. The van der Waals surface area contributed by atoms with Crippen molar-refractivity contribution in [1.29, 1.82) is 0 Å². The first-order valence-electron chi connectivity index (χ1n) is 17.8. The summed E-state index contributed by atoms with van der Waals surface area (Å²) >= 11 is 0. The molecule has 0 spiro atoms. The number of ether oxygens (including phenoxy) is 3. The SMILES string of the molecule is C=C(OC(C)(C)C)C(Cc1ccc(-c2ncc(-c3ccc(OCCCCCCC)cc3)c(OC)n2)cc1)NC(=O)c1ccc(C(C)(C)C)cc1. The molecule has 1 atom stereocenters. The second-order valence-corrected chi connectivity index (χ2v) is 14.8. The second kappa shape index (κ2) is 17.3. The fourth-order valence-corrected chi connectivity index (χ4v) is 5.58. The van der Waals surface area contributed by atoms with Crippen LogP contribution in [0.25, 0.3) is 22.5 Å². The van der Waals surface area contributed by atoms with Crippen molar-refractivity contribution in [2.45, 2.75) is 104 Å². The molecule has 1 amide bonds. The van der Waals surface area contributed by atoms with Gasteiger partial charge in [0, 0.05) is 17.3 Å². The number of nitrogens with zero attached hydrogens (tertiary/aromatic N) is 2. The number of hydrogen-bond acceptors (Lipinski definition) is 6. The van der Waals surface area contributed by atoms with Crippen molar-refractivity contribution in [2.75, 3.05) is 13.7 Å². The number of unbranched alkanes of at least 4 members (excludes halogenated alkanes) is 4. The Morgan fingerprint density at radius 1 is 0.840 bits per heavy atom. The monoisotopic (exact) mass is 677 g/mol. The third-order valence-electron chi connectivity index (χ3n) is 8.43. The zero-order valence-electron chi connectivity index (χ0n) is 31.3. The van der Waals surface area contributed by atoms with Crippen LogP contribution in [0, 0.1) is 0 Å². The lowest BCUT2D eigenvalue weighted by atomic mass is 9.86. The normalized spacial score (nSPS) is 12.2. The molecule has 0 bridgehead atoms. The quantitative estimate of drug-likeness (QED) is 0.0939. The van der Waals surface area contributed by atoms with E-state index in [1.807, 2.05) is 93.6 Å². The molecule has 3 aromatic carbocycles. The van der Waals surface area contributed by atoms with Gasteiger partial charge in [0.15, 0.2) is 5.82 Å². The molecule has 0 aliphatic rings. The number of carbonyl (C=O) groups is 1. The van der Waals surface area contributed by atoms with Gasteiger partial charge in [-0.2, -0.15) is 4.98 Å². The van der Waals surface area contributed by atoms with Crippen LogP contribution in [0.2, 0.25) is 0 Å². The van der Waals surface area contributed by atoms with E-state index in [4.69, 9.17) is 19.2 Å². The van der Waals surface area contributed by atoms with Crippen molar-refractivity contribution < 1.29 is 19.0 Å². The van der Waals surface area contributed by atoms with Crippen molar-refractivity contribution in [3.05, 3.63) is 108 Å². The van der Waals surface area contributed by atoms with Crippen LogP contribution in [0.5, 0.6) is 11.6 Å². The van der Waals surface area contributed by atoms with E-state index in [1.165, 1.54) is 31.2 Å². The van der Waals surface area contributed by atoms with Crippen LogP contribution in [0.15, 0.2) is 91.3 Å². The van der Waals surface area contributed by atoms with E-state index in [0.29, 0.717) is 29.4 Å². The maximum atomic E-state index is 13.4. The van der Waals surface area contributed by atoms with Gasteiger partial charge >= 0.3 is 0 Å². The van der Waals surface area contributed by atoms with Gasteiger partial charge in [-0.1, -0.05) is 108 Å². The van der Waals surface area contributed by atoms with E-state index in [-0.39, 0.29) is 11.3 Å². The number of amides is 1. The molecule has 4 aromatic rings. The summed E-state index contributed by atoms with van der Waals surface area (Å²) in [6, 6.07) is 23.3. The summed E-state index contributed by atoms with van der Waals surface area (Å²) in [6.45, 7) is 19.5. The second-order valence-electron chi connectivity index (χ2n) is 14.8. The number of benzene rings is 3. The lowest BCUT2D eigenvalue weighted by Crippen LogP contribution is -2.40. The average Bonchev–Trinajstić information content (AvgIpc) is 3.08. The highest BCUT2D eigenvalue weighted by Crippen LogP contribution is 2.31. The Morgan fingerprint density at radius 3 is 2.08 bits per heavy atom. The Balaban J connectivity index is 1.45. The predicted molar refractivity (Wildman–Crippen MR) is 204 cm³/mol. The van der Waals surface area contributed by atoms with Gasteiger partial charge in [-0.3, -0.25) is 4.79 Å². The Bertz CT molecular complexity index is 1680. The third-order valence-corrected chi connectivity index (χ3v) is 8.43. The molecule has 1 unspecified atom stereocenters. The van der Waals surface area contributed by atoms with Crippen molar-refractivity contribution in [1.82, 2.24) is 15.3 Å². The lowest BCUT2D eigenvalue weighted by molar-refractivity contribution is 0.0390. The summed E-state index contributed by atoms with van der Waals surface area (Å²) in [7, 11) is 1.62. The zero-order valence-corrected chi connectivity index (χ0v) is 31.3. The van der Waals surface area contributed by atoms with Gasteiger partial charge in [0.05, 0.1) is 25.3 Å². The van der Waals surface area contributed by atoms with Gasteiger partial charge < -0.3 is 19.5 Å². The molecular weight excluding hydrogens is 622 g/mol. The van der Waals surface area contributed by atoms with Gasteiger partial charge in [-0.25, -0.2) is 4.98 Å². The average molecular weight is 678 g/mol. The summed E-state index contributed by atoms with van der Waals surface area (Å²) in [5, 5.41) is 3.16. The number of rotatable bonds is 16. The van der Waals surface area contributed by atoms with Gasteiger partial charge in [0.2, 0.25) is 5.88 Å². The van der Waals surface area contributed by atoms with E-state index >= 15 is 0 Å². The van der Waals surface area contributed by atoms with Crippen LogP contribution in [-0.4, -0.2) is 41.2 Å².